The lowest BCUT2D eigenvalue weighted by Gasteiger charge is -2.39. The maximum absolute atomic E-state index is 4.69. The van der Waals surface area contributed by atoms with Gasteiger partial charge in [0, 0.05) is 39.3 Å². The van der Waals surface area contributed by atoms with Crippen LogP contribution < -0.4 is 0 Å². The Bertz CT molecular complexity index is 1120. The van der Waals surface area contributed by atoms with Crippen LogP contribution in [-0.4, -0.2) is 45.5 Å². The number of unbranched alkanes of at least 4 members (excludes halogenated alkanes) is 2. The number of nitrogens with zero attached hydrogens (tertiary/aromatic N) is 4. The minimum atomic E-state index is 0.317. The van der Waals surface area contributed by atoms with E-state index in [0.717, 1.165) is 44.8 Å². The second-order valence-corrected chi connectivity index (χ2v) is 9.50. The standard InChI is InChI=1S/C30H36N4/c1-2-3-10-17-34-24-31-28-22-25(15-16-29(28)34)23-32-18-20-33(21-19-32)30(26-11-6-4-7-12-26)27-13-8-5-9-14-27/h4-9,11-16,22,24,30H,2-3,10,17-21,23H2,1H3. The summed E-state index contributed by atoms with van der Waals surface area (Å²) in [5.41, 5.74) is 6.51. The molecule has 1 aromatic heterocycles. The minimum Gasteiger partial charge on any atom is -0.331 e. The molecule has 4 heteroatoms. The van der Waals surface area contributed by atoms with Gasteiger partial charge in [0.2, 0.25) is 0 Å². The van der Waals surface area contributed by atoms with E-state index < -0.39 is 0 Å². The first-order valence-electron chi connectivity index (χ1n) is 12.8. The zero-order chi connectivity index (χ0) is 23.2. The quantitative estimate of drug-likeness (QED) is 0.285. The molecule has 4 aromatic rings. The lowest BCUT2D eigenvalue weighted by atomic mass is 9.96. The van der Waals surface area contributed by atoms with E-state index in [4.69, 9.17) is 0 Å². The Balaban J connectivity index is 1.24. The highest BCUT2D eigenvalue weighted by molar-refractivity contribution is 5.76. The smallest absolute Gasteiger partial charge is 0.0958 e. The summed E-state index contributed by atoms with van der Waals surface area (Å²) in [6.07, 6.45) is 5.76. The molecular weight excluding hydrogens is 416 g/mol. The van der Waals surface area contributed by atoms with Crippen LogP contribution in [0, 0.1) is 0 Å². The van der Waals surface area contributed by atoms with Crippen LogP contribution in [-0.2, 0) is 13.1 Å². The van der Waals surface area contributed by atoms with E-state index in [2.05, 4.69) is 105 Å². The van der Waals surface area contributed by atoms with Crippen molar-refractivity contribution in [1.82, 2.24) is 19.4 Å². The molecule has 0 atom stereocenters. The van der Waals surface area contributed by atoms with Gasteiger partial charge >= 0.3 is 0 Å². The average molecular weight is 453 g/mol. The van der Waals surface area contributed by atoms with E-state index in [1.807, 2.05) is 6.33 Å². The first-order chi connectivity index (χ1) is 16.8. The van der Waals surface area contributed by atoms with Crippen molar-refractivity contribution < 1.29 is 0 Å². The van der Waals surface area contributed by atoms with Gasteiger partial charge in [-0.05, 0) is 35.2 Å². The van der Waals surface area contributed by atoms with Crippen molar-refractivity contribution in [2.75, 3.05) is 26.2 Å². The lowest BCUT2D eigenvalue weighted by molar-refractivity contribution is 0.105. The first kappa shape index (κ1) is 22.8. The van der Waals surface area contributed by atoms with E-state index in [1.54, 1.807) is 0 Å². The Labute approximate surface area is 203 Å². The third-order valence-electron chi connectivity index (χ3n) is 7.10. The van der Waals surface area contributed by atoms with Gasteiger partial charge in [-0.2, -0.15) is 0 Å². The summed E-state index contributed by atoms with van der Waals surface area (Å²) in [6.45, 7) is 8.62. The molecule has 5 rings (SSSR count). The molecule has 0 spiro atoms. The Morgan fingerprint density at radius 2 is 1.47 bits per heavy atom. The highest BCUT2D eigenvalue weighted by Crippen LogP contribution is 2.29. The molecule has 4 nitrogen and oxygen atoms in total. The molecule has 34 heavy (non-hydrogen) atoms. The molecular formula is C30H36N4. The molecule has 1 saturated heterocycles. The number of hydrogen-bond acceptors (Lipinski definition) is 3. The number of fused-ring (bicyclic) bond motifs is 1. The van der Waals surface area contributed by atoms with Crippen LogP contribution in [0.15, 0.2) is 85.2 Å². The van der Waals surface area contributed by atoms with Crippen molar-refractivity contribution in [3.63, 3.8) is 0 Å². The maximum atomic E-state index is 4.69. The van der Waals surface area contributed by atoms with E-state index in [9.17, 15) is 0 Å². The fourth-order valence-corrected chi connectivity index (χ4v) is 5.24. The Hall–Kier alpha value is -2.95. The Morgan fingerprint density at radius 3 is 2.12 bits per heavy atom. The zero-order valence-electron chi connectivity index (χ0n) is 20.3. The molecule has 1 fully saturated rings. The minimum absolute atomic E-state index is 0.317. The summed E-state index contributed by atoms with van der Waals surface area (Å²) >= 11 is 0. The summed E-state index contributed by atoms with van der Waals surface area (Å²) in [7, 11) is 0. The molecule has 0 bridgehead atoms. The van der Waals surface area contributed by atoms with Crippen LogP contribution in [0.5, 0.6) is 0 Å². The second kappa shape index (κ2) is 11.0. The molecule has 0 saturated carbocycles. The van der Waals surface area contributed by atoms with Crippen molar-refractivity contribution in [2.24, 2.45) is 0 Å². The summed E-state index contributed by atoms with van der Waals surface area (Å²) in [6, 6.07) is 29.1. The average Bonchev–Trinajstić information content (AvgIpc) is 3.29. The normalized spacial score (nSPS) is 15.4. The molecule has 0 N–H and O–H groups in total. The van der Waals surface area contributed by atoms with E-state index >= 15 is 0 Å². The van der Waals surface area contributed by atoms with Gasteiger partial charge in [0.05, 0.1) is 23.4 Å². The third-order valence-corrected chi connectivity index (χ3v) is 7.10. The molecule has 3 aromatic carbocycles. The molecule has 0 aliphatic carbocycles. The van der Waals surface area contributed by atoms with Gasteiger partial charge in [0.25, 0.3) is 0 Å². The number of aryl methyl sites for hydroxylation is 1. The number of aromatic nitrogens is 2. The van der Waals surface area contributed by atoms with Crippen molar-refractivity contribution >= 4 is 11.0 Å². The van der Waals surface area contributed by atoms with Crippen LogP contribution in [0.1, 0.15) is 48.9 Å². The van der Waals surface area contributed by atoms with Crippen molar-refractivity contribution in [3.05, 3.63) is 102 Å². The molecule has 0 radical (unpaired) electrons. The van der Waals surface area contributed by atoms with Gasteiger partial charge in [-0.1, -0.05) is 86.5 Å². The van der Waals surface area contributed by atoms with Gasteiger partial charge in [0.15, 0.2) is 0 Å². The Kier molecular flexibility index (Phi) is 7.37. The number of benzene rings is 3. The van der Waals surface area contributed by atoms with Crippen LogP contribution in [0.3, 0.4) is 0 Å². The molecule has 1 aliphatic heterocycles. The number of rotatable bonds is 9. The first-order valence-corrected chi connectivity index (χ1v) is 12.8. The van der Waals surface area contributed by atoms with Crippen LogP contribution in [0.2, 0.25) is 0 Å². The Morgan fingerprint density at radius 1 is 0.794 bits per heavy atom. The van der Waals surface area contributed by atoms with E-state index in [1.165, 1.54) is 41.5 Å². The number of piperazine rings is 1. The monoisotopic (exact) mass is 452 g/mol. The molecule has 0 amide bonds. The SMILES string of the molecule is CCCCCn1cnc2cc(CN3CCN(C(c4ccccc4)c4ccccc4)CC3)ccc21. The van der Waals surface area contributed by atoms with Gasteiger partial charge in [0.1, 0.15) is 0 Å². The van der Waals surface area contributed by atoms with Gasteiger partial charge in [-0.15, -0.1) is 0 Å². The molecule has 0 unspecified atom stereocenters. The van der Waals surface area contributed by atoms with Gasteiger partial charge < -0.3 is 4.57 Å². The highest BCUT2D eigenvalue weighted by atomic mass is 15.3. The fraction of sp³-hybridized carbons (Fsp3) is 0.367. The highest BCUT2D eigenvalue weighted by Gasteiger charge is 2.26. The predicted molar refractivity (Wildman–Crippen MR) is 141 cm³/mol. The fourth-order valence-electron chi connectivity index (χ4n) is 5.24. The van der Waals surface area contributed by atoms with E-state index in [-0.39, 0.29) is 0 Å². The largest absolute Gasteiger partial charge is 0.331 e. The summed E-state index contributed by atoms with van der Waals surface area (Å²) < 4.78 is 2.31. The van der Waals surface area contributed by atoms with Crippen molar-refractivity contribution in [2.45, 2.75) is 45.3 Å². The van der Waals surface area contributed by atoms with Crippen LogP contribution >= 0.6 is 0 Å². The molecule has 1 aliphatic rings. The number of imidazole rings is 1. The second-order valence-electron chi connectivity index (χ2n) is 9.50. The van der Waals surface area contributed by atoms with Crippen LogP contribution in [0.4, 0.5) is 0 Å². The van der Waals surface area contributed by atoms with E-state index in [0.29, 0.717) is 6.04 Å². The van der Waals surface area contributed by atoms with Crippen LogP contribution in [0.25, 0.3) is 11.0 Å². The molecule has 2 heterocycles. The zero-order valence-corrected chi connectivity index (χ0v) is 20.3. The topological polar surface area (TPSA) is 24.3 Å². The summed E-state index contributed by atoms with van der Waals surface area (Å²) in [5.74, 6) is 0. The van der Waals surface area contributed by atoms with Gasteiger partial charge in [-0.3, -0.25) is 9.80 Å². The predicted octanol–water partition coefficient (Wildman–Crippen LogP) is 6.13. The maximum Gasteiger partial charge on any atom is 0.0958 e. The third kappa shape index (κ3) is 5.24. The van der Waals surface area contributed by atoms with Crippen molar-refractivity contribution in [3.8, 4) is 0 Å². The van der Waals surface area contributed by atoms with Crippen molar-refractivity contribution in [1.29, 1.82) is 0 Å². The summed E-state index contributed by atoms with van der Waals surface area (Å²) in [5, 5.41) is 0. The number of hydrogen-bond donors (Lipinski definition) is 0. The summed E-state index contributed by atoms with van der Waals surface area (Å²) in [4.78, 5) is 9.92. The van der Waals surface area contributed by atoms with Gasteiger partial charge in [-0.25, -0.2) is 4.98 Å². The lowest BCUT2D eigenvalue weighted by Crippen LogP contribution is -2.47. The molecule has 176 valence electrons.